The number of benzene rings is 2. The molecule has 0 bridgehead atoms. The zero-order valence-corrected chi connectivity index (χ0v) is 18.3. The van der Waals surface area contributed by atoms with Crippen LogP contribution in [0.5, 0.6) is 17.4 Å². The van der Waals surface area contributed by atoms with Crippen LogP contribution in [0.2, 0.25) is 5.02 Å². The SMILES string of the molecule is COc1cc(-n2nc(C)c3c2OC(N)=C(C#N)[C@@H]3c2ccccc2)c(Cl)c(Br)c1O. The zero-order chi connectivity index (χ0) is 21.6. The molecule has 2 aromatic carbocycles. The van der Waals surface area contributed by atoms with Gasteiger partial charge in [-0.3, -0.25) is 0 Å². The van der Waals surface area contributed by atoms with E-state index in [0.29, 0.717) is 28.4 Å². The molecule has 0 unspecified atom stereocenters. The molecule has 4 rings (SSSR count). The summed E-state index contributed by atoms with van der Waals surface area (Å²) < 4.78 is 12.9. The second-order valence-electron chi connectivity index (χ2n) is 6.63. The minimum Gasteiger partial charge on any atom is -0.503 e. The molecule has 30 heavy (non-hydrogen) atoms. The van der Waals surface area contributed by atoms with Crippen molar-refractivity contribution in [2.75, 3.05) is 7.11 Å². The lowest BCUT2D eigenvalue weighted by molar-refractivity contribution is 0.363. The average Bonchev–Trinajstić information content (AvgIpc) is 3.07. The van der Waals surface area contributed by atoms with Crippen molar-refractivity contribution in [1.82, 2.24) is 9.78 Å². The minimum atomic E-state index is -0.435. The van der Waals surface area contributed by atoms with Crippen LogP contribution in [0.4, 0.5) is 0 Å². The highest BCUT2D eigenvalue weighted by atomic mass is 79.9. The van der Waals surface area contributed by atoms with Gasteiger partial charge < -0.3 is 20.3 Å². The van der Waals surface area contributed by atoms with Gasteiger partial charge in [0.1, 0.15) is 11.6 Å². The van der Waals surface area contributed by atoms with Crippen molar-refractivity contribution in [1.29, 1.82) is 5.26 Å². The molecule has 152 valence electrons. The number of aromatic hydroxyl groups is 1. The second kappa shape index (κ2) is 7.59. The van der Waals surface area contributed by atoms with E-state index in [4.69, 9.17) is 26.8 Å². The normalized spacial score (nSPS) is 15.4. The van der Waals surface area contributed by atoms with E-state index in [1.165, 1.54) is 11.8 Å². The van der Waals surface area contributed by atoms with Crippen LogP contribution in [0.3, 0.4) is 0 Å². The molecule has 1 aliphatic rings. The van der Waals surface area contributed by atoms with Crippen molar-refractivity contribution < 1.29 is 14.6 Å². The van der Waals surface area contributed by atoms with Crippen LogP contribution in [0.1, 0.15) is 22.7 Å². The van der Waals surface area contributed by atoms with E-state index in [9.17, 15) is 10.4 Å². The molecule has 7 nitrogen and oxygen atoms in total. The summed E-state index contributed by atoms with van der Waals surface area (Å²) >= 11 is 9.77. The zero-order valence-electron chi connectivity index (χ0n) is 16.0. The molecule has 1 aliphatic heterocycles. The van der Waals surface area contributed by atoms with Gasteiger partial charge in [-0.1, -0.05) is 41.9 Å². The van der Waals surface area contributed by atoms with Crippen LogP contribution < -0.4 is 15.2 Å². The molecule has 0 saturated carbocycles. The summed E-state index contributed by atoms with van der Waals surface area (Å²) in [6.45, 7) is 1.83. The number of aromatic nitrogens is 2. The molecule has 9 heteroatoms. The summed E-state index contributed by atoms with van der Waals surface area (Å²) in [5.74, 6) is -0.00617. The van der Waals surface area contributed by atoms with Gasteiger partial charge in [-0.05, 0) is 28.4 Å². The first-order valence-electron chi connectivity index (χ1n) is 8.86. The number of allylic oxidation sites excluding steroid dienone is 1. The van der Waals surface area contributed by atoms with Crippen molar-refractivity contribution in [3.8, 4) is 29.1 Å². The molecule has 2 heterocycles. The fourth-order valence-corrected chi connectivity index (χ4v) is 4.17. The third-order valence-corrected chi connectivity index (χ3v) is 6.32. The number of phenolic OH excluding ortho intramolecular Hbond substituents is 1. The van der Waals surface area contributed by atoms with E-state index >= 15 is 0 Å². The van der Waals surface area contributed by atoms with E-state index in [-0.39, 0.29) is 26.9 Å². The highest BCUT2D eigenvalue weighted by molar-refractivity contribution is 9.10. The Hall–Kier alpha value is -3.15. The maximum absolute atomic E-state index is 10.2. The van der Waals surface area contributed by atoms with Crippen LogP contribution in [0.15, 0.2) is 52.3 Å². The van der Waals surface area contributed by atoms with Crippen LogP contribution in [0, 0.1) is 18.3 Å². The number of halogens is 2. The number of rotatable bonds is 3. The smallest absolute Gasteiger partial charge is 0.229 e. The Bertz CT molecular complexity index is 1230. The van der Waals surface area contributed by atoms with Gasteiger partial charge >= 0.3 is 0 Å². The van der Waals surface area contributed by atoms with E-state index in [2.05, 4.69) is 27.1 Å². The van der Waals surface area contributed by atoms with Gasteiger partial charge in [0, 0.05) is 6.07 Å². The first-order chi connectivity index (χ1) is 14.4. The molecular weight excluding hydrogens is 472 g/mol. The molecule has 0 fully saturated rings. The van der Waals surface area contributed by atoms with Crippen LogP contribution >= 0.6 is 27.5 Å². The molecule has 1 atom stereocenters. The fraction of sp³-hybridized carbons (Fsp3) is 0.143. The van der Waals surface area contributed by atoms with Gasteiger partial charge in [-0.15, -0.1) is 0 Å². The summed E-state index contributed by atoms with van der Waals surface area (Å²) in [7, 11) is 1.44. The number of nitrogens with zero attached hydrogens (tertiary/aromatic N) is 3. The van der Waals surface area contributed by atoms with Crippen LogP contribution in [-0.4, -0.2) is 22.0 Å². The minimum absolute atomic E-state index is 0.000865. The van der Waals surface area contributed by atoms with Crippen molar-refractivity contribution >= 4 is 27.5 Å². The fourth-order valence-electron chi connectivity index (χ4n) is 3.55. The number of nitrogens with two attached hydrogens (primary N) is 1. The molecule has 3 N–H and O–H groups in total. The third kappa shape index (κ3) is 2.98. The molecule has 0 radical (unpaired) electrons. The van der Waals surface area contributed by atoms with Crippen molar-refractivity contribution in [3.63, 3.8) is 0 Å². The predicted molar refractivity (Wildman–Crippen MR) is 115 cm³/mol. The standard InChI is InChI=1S/C21H16BrClN4O3/c1-10-15-16(11-6-4-3-5-7-11)12(9-24)20(25)30-21(15)27(26-10)13-8-14(29-2)19(28)17(22)18(13)23/h3-8,16,28H,25H2,1-2H3/t16-/m0/s1. The number of phenols is 1. The number of nitriles is 1. The van der Waals surface area contributed by atoms with E-state index in [0.717, 1.165) is 5.56 Å². The monoisotopic (exact) mass is 486 g/mol. The van der Waals surface area contributed by atoms with Gasteiger partial charge in [0.25, 0.3) is 0 Å². The molecule has 0 saturated heterocycles. The van der Waals surface area contributed by atoms with Gasteiger partial charge in [-0.2, -0.15) is 15.0 Å². The lowest BCUT2D eigenvalue weighted by atomic mass is 9.84. The molecular formula is C21H16BrClN4O3. The van der Waals surface area contributed by atoms with Gasteiger partial charge in [0.15, 0.2) is 11.5 Å². The summed E-state index contributed by atoms with van der Waals surface area (Å²) in [5, 5.41) is 24.8. The molecule has 3 aromatic rings. The van der Waals surface area contributed by atoms with Crippen molar-refractivity contribution in [3.05, 3.63) is 74.2 Å². The Balaban J connectivity index is 2.00. The largest absolute Gasteiger partial charge is 0.503 e. The number of ether oxygens (including phenoxy) is 2. The number of hydrogen-bond donors (Lipinski definition) is 2. The van der Waals surface area contributed by atoms with Gasteiger partial charge in [-0.25, -0.2) is 0 Å². The Morgan fingerprint density at radius 1 is 1.37 bits per heavy atom. The summed E-state index contributed by atoms with van der Waals surface area (Å²) in [5.41, 5.74) is 9.11. The summed E-state index contributed by atoms with van der Waals surface area (Å²) in [4.78, 5) is 0. The predicted octanol–water partition coefficient (Wildman–Crippen LogP) is 4.53. The number of methoxy groups -OCH3 is 1. The van der Waals surface area contributed by atoms with E-state index < -0.39 is 5.92 Å². The maximum Gasteiger partial charge on any atom is 0.229 e. The Kier molecular flexibility index (Phi) is 5.10. The number of hydrogen-bond acceptors (Lipinski definition) is 6. The van der Waals surface area contributed by atoms with Crippen molar-refractivity contribution in [2.45, 2.75) is 12.8 Å². The van der Waals surface area contributed by atoms with E-state index in [1.54, 1.807) is 6.07 Å². The third-order valence-electron chi connectivity index (χ3n) is 4.94. The maximum atomic E-state index is 10.2. The van der Waals surface area contributed by atoms with Gasteiger partial charge in [0.2, 0.25) is 11.8 Å². The molecule has 0 spiro atoms. The lowest BCUT2D eigenvalue weighted by Gasteiger charge is -2.25. The van der Waals surface area contributed by atoms with Crippen LogP contribution in [0.25, 0.3) is 5.69 Å². The quantitative estimate of drug-likeness (QED) is 0.562. The van der Waals surface area contributed by atoms with Crippen molar-refractivity contribution in [2.24, 2.45) is 5.73 Å². The highest BCUT2D eigenvalue weighted by Gasteiger charge is 2.36. The van der Waals surface area contributed by atoms with Gasteiger partial charge in [0.05, 0.1) is 39.5 Å². The first-order valence-corrected chi connectivity index (χ1v) is 10.0. The molecule has 0 aliphatic carbocycles. The topological polar surface area (TPSA) is 106 Å². The molecule has 0 amide bonds. The highest BCUT2D eigenvalue weighted by Crippen LogP contribution is 2.48. The molecule has 1 aromatic heterocycles. The van der Waals surface area contributed by atoms with Crippen LogP contribution in [-0.2, 0) is 0 Å². The number of fused-ring (bicyclic) bond motifs is 1. The lowest BCUT2D eigenvalue weighted by Crippen LogP contribution is -2.22. The van der Waals surface area contributed by atoms with E-state index in [1.807, 2.05) is 37.3 Å². The first kappa shape index (κ1) is 20.1. The Morgan fingerprint density at radius 2 is 2.07 bits per heavy atom. The number of aryl methyl sites for hydroxylation is 1. The summed E-state index contributed by atoms with van der Waals surface area (Å²) in [6, 6.07) is 13.3. The Labute approximate surface area is 186 Å². The Morgan fingerprint density at radius 3 is 2.70 bits per heavy atom. The second-order valence-corrected chi connectivity index (χ2v) is 7.80. The average molecular weight is 488 g/mol. The summed E-state index contributed by atoms with van der Waals surface area (Å²) in [6.07, 6.45) is 0.